The lowest BCUT2D eigenvalue weighted by atomic mass is 10.1. The molecule has 0 spiro atoms. The first-order valence-electron chi connectivity index (χ1n) is 5.96. The summed E-state index contributed by atoms with van der Waals surface area (Å²) >= 11 is -2.41. The van der Waals surface area contributed by atoms with E-state index >= 15 is 0 Å². The molecule has 0 bridgehead atoms. The standard InChI is InChI=1S/C15H11NO3S/c17-10-11-4-3-6-12(8-11)15-9-13-5-1-2-7-14(13)16(15)20(18)19/h1-10H,(H,18,19)/p-1. The minimum absolute atomic E-state index is 0.510. The van der Waals surface area contributed by atoms with Crippen molar-refractivity contribution in [1.82, 2.24) is 3.97 Å². The van der Waals surface area contributed by atoms with Gasteiger partial charge in [-0.3, -0.25) is 13.0 Å². The fraction of sp³-hybridized carbons (Fsp3) is 0. The van der Waals surface area contributed by atoms with Gasteiger partial charge < -0.3 is 4.55 Å². The number of hydrogen-bond acceptors (Lipinski definition) is 3. The van der Waals surface area contributed by atoms with Gasteiger partial charge in [-0.25, -0.2) is 0 Å². The van der Waals surface area contributed by atoms with E-state index in [4.69, 9.17) is 0 Å². The van der Waals surface area contributed by atoms with E-state index in [1.54, 1.807) is 42.5 Å². The second-order valence-corrected chi connectivity index (χ2v) is 5.14. The Morgan fingerprint density at radius 3 is 2.60 bits per heavy atom. The lowest BCUT2D eigenvalue weighted by Gasteiger charge is -2.13. The number of fused-ring (bicyclic) bond motifs is 1. The summed E-state index contributed by atoms with van der Waals surface area (Å²) in [6, 6.07) is 15.9. The Morgan fingerprint density at radius 2 is 1.85 bits per heavy atom. The van der Waals surface area contributed by atoms with Crippen molar-refractivity contribution in [3.8, 4) is 11.3 Å². The van der Waals surface area contributed by atoms with Crippen molar-refractivity contribution in [3.05, 3.63) is 60.2 Å². The van der Waals surface area contributed by atoms with E-state index in [0.29, 0.717) is 22.3 Å². The van der Waals surface area contributed by atoms with E-state index in [2.05, 4.69) is 0 Å². The summed E-state index contributed by atoms with van der Waals surface area (Å²) in [5.74, 6) is 0. The first-order valence-corrected chi connectivity index (χ1v) is 7.00. The number of benzene rings is 2. The van der Waals surface area contributed by atoms with Gasteiger partial charge in [-0.15, -0.1) is 0 Å². The maximum absolute atomic E-state index is 11.5. The van der Waals surface area contributed by atoms with Crippen LogP contribution in [0.5, 0.6) is 0 Å². The molecule has 100 valence electrons. The van der Waals surface area contributed by atoms with Gasteiger partial charge in [0, 0.05) is 10.9 Å². The molecular formula is C15H10NO3S-. The van der Waals surface area contributed by atoms with Gasteiger partial charge in [0.1, 0.15) is 6.29 Å². The topological polar surface area (TPSA) is 62.1 Å². The Kier molecular flexibility index (Phi) is 3.22. The van der Waals surface area contributed by atoms with Gasteiger partial charge in [0.05, 0.1) is 22.5 Å². The van der Waals surface area contributed by atoms with Crippen LogP contribution < -0.4 is 0 Å². The predicted molar refractivity (Wildman–Crippen MR) is 77.1 cm³/mol. The zero-order valence-corrected chi connectivity index (χ0v) is 11.2. The third-order valence-corrected chi connectivity index (χ3v) is 3.83. The summed E-state index contributed by atoms with van der Waals surface area (Å²) < 4.78 is 24.3. The molecule has 1 heterocycles. The molecule has 1 atom stereocenters. The largest absolute Gasteiger partial charge is 0.755 e. The number of carbonyl (C=O) groups is 1. The monoisotopic (exact) mass is 284 g/mol. The summed E-state index contributed by atoms with van der Waals surface area (Å²) in [7, 11) is 0. The second kappa shape index (κ2) is 5.03. The van der Waals surface area contributed by atoms with Gasteiger partial charge in [0.25, 0.3) is 0 Å². The Bertz CT molecular complexity index is 823. The molecule has 3 rings (SSSR count). The molecule has 0 fully saturated rings. The van der Waals surface area contributed by atoms with Crippen molar-refractivity contribution in [2.45, 2.75) is 0 Å². The lowest BCUT2D eigenvalue weighted by Crippen LogP contribution is -2.04. The highest BCUT2D eigenvalue weighted by Crippen LogP contribution is 2.29. The molecule has 0 aliphatic heterocycles. The number of hydrogen-bond donors (Lipinski definition) is 0. The van der Waals surface area contributed by atoms with Crippen LogP contribution in [0.4, 0.5) is 0 Å². The van der Waals surface area contributed by atoms with Crippen LogP contribution in [-0.2, 0) is 11.3 Å². The Hall–Kier alpha value is -2.24. The number of carbonyl (C=O) groups excluding carboxylic acids is 1. The van der Waals surface area contributed by atoms with Crippen LogP contribution in [-0.4, -0.2) is 19.0 Å². The maximum Gasteiger partial charge on any atom is 0.150 e. The van der Waals surface area contributed by atoms with Crippen molar-refractivity contribution >= 4 is 28.5 Å². The van der Waals surface area contributed by atoms with Gasteiger partial charge in [-0.2, -0.15) is 0 Å². The Labute approximate surface area is 118 Å². The Balaban J connectivity index is 2.32. The van der Waals surface area contributed by atoms with Gasteiger partial charge in [-0.05, 0) is 23.8 Å². The first-order chi connectivity index (χ1) is 9.70. The molecule has 0 saturated heterocycles. The van der Waals surface area contributed by atoms with E-state index in [1.807, 2.05) is 12.1 Å². The van der Waals surface area contributed by atoms with E-state index in [0.717, 1.165) is 11.7 Å². The molecule has 0 aliphatic carbocycles. The molecule has 0 radical (unpaired) electrons. The van der Waals surface area contributed by atoms with Gasteiger partial charge in [0.2, 0.25) is 0 Å². The molecule has 1 aromatic heterocycles. The summed E-state index contributed by atoms with van der Waals surface area (Å²) in [5, 5.41) is 0.836. The zero-order chi connectivity index (χ0) is 14.1. The number of rotatable bonds is 3. The normalized spacial score (nSPS) is 12.4. The molecule has 4 nitrogen and oxygen atoms in total. The van der Waals surface area contributed by atoms with Crippen molar-refractivity contribution in [2.24, 2.45) is 0 Å². The van der Waals surface area contributed by atoms with Gasteiger partial charge in [-0.1, -0.05) is 36.4 Å². The van der Waals surface area contributed by atoms with E-state index in [1.165, 1.54) is 3.97 Å². The SMILES string of the molecule is O=Cc1cccc(-c2cc3ccccc3n2S(=O)[O-])c1. The molecule has 1 unspecified atom stereocenters. The summed E-state index contributed by atoms with van der Waals surface area (Å²) in [4.78, 5) is 10.9. The fourth-order valence-electron chi connectivity index (χ4n) is 2.26. The number of para-hydroxylation sites is 1. The minimum Gasteiger partial charge on any atom is -0.755 e. The molecule has 0 saturated carbocycles. The second-order valence-electron chi connectivity index (χ2n) is 4.34. The molecule has 0 N–H and O–H groups in total. The van der Waals surface area contributed by atoms with Crippen LogP contribution in [0, 0.1) is 0 Å². The average Bonchev–Trinajstić information content (AvgIpc) is 2.87. The predicted octanol–water partition coefficient (Wildman–Crippen LogP) is 2.76. The number of aldehydes is 1. The van der Waals surface area contributed by atoms with E-state index in [-0.39, 0.29) is 0 Å². The molecule has 0 amide bonds. The highest BCUT2D eigenvalue weighted by molar-refractivity contribution is 7.77. The lowest BCUT2D eigenvalue weighted by molar-refractivity contribution is 0.112. The zero-order valence-electron chi connectivity index (χ0n) is 10.4. The quantitative estimate of drug-likeness (QED) is 0.549. The maximum atomic E-state index is 11.5. The smallest absolute Gasteiger partial charge is 0.150 e. The van der Waals surface area contributed by atoms with Crippen LogP contribution in [0.1, 0.15) is 10.4 Å². The molecule has 0 aliphatic rings. The summed E-state index contributed by atoms with van der Waals surface area (Å²) in [5.41, 5.74) is 2.36. The highest BCUT2D eigenvalue weighted by atomic mass is 32.2. The molecule has 3 aromatic rings. The third-order valence-electron chi connectivity index (χ3n) is 3.13. The van der Waals surface area contributed by atoms with Crippen molar-refractivity contribution in [1.29, 1.82) is 0 Å². The first kappa shape index (κ1) is 12.8. The molecular weight excluding hydrogens is 274 g/mol. The van der Waals surface area contributed by atoms with Crippen LogP contribution in [0.25, 0.3) is 22.2 Å². The minimum atomic E-state index is -2.41. The summed E-state index contributed by atoms with van der Waals surface area (Å²) in [6.07, 6.45) is 0.741. The van der Waals surface area contributed by atoms with Crippen LogP contribution in [0.15, 0.2) is 54.6 Å². The summed E-state index contributed by atoms with van der Waals surface area (Å²) in [6.45, 7) is 0. The molecule has 2 aromatic carbocycles. The highest BCUT2D eigenvalue weighted by Gasteiger charge is 2.11. The Morgan fingerprint density at radius 1 is 1.05 bits per heavy atom. The molecule has 20 heavy (non-hydrogen) atoms. The third kappa shape index (κ3) is 2.07. The van der Waals surface area contributed by atoms with Crippen LogP contribution >= 0.6 is 0 Å². The fourth-order valence-corrected chi connectivity index (χ4v) is 2.91. The van der Waals surface area contributed by atoms with E-state index in [9.17, 15) is 13.6 Å². The van der Waals surface area contributed by atoms with E-state index < -0.39 is 11.3 Å². The van der Waals surface area contributed by atoms with Gasteiger partial charge >= 0.3 is 0 Å². The van der Waals surface area contributed by atoms with Crippen LogP contribution in [0.2, 0.25) is 0 Å². The van der Waals surface area contributed by atoms with Crippen LogP contribution in [0.3, 0.4) is 0 Å². The average molecular weight is 284 g/mol. The molecule has 5 heteroatoms. The van der Waals surface area contributed by atoms with Crippen molar-refractivity contribution < 1.29 is 13.6 Å². The van der Waals surface area contributed by atoms with Gasteiger partial charge in [0.15, 0.2) is 0 Å². The van der Waals surface area contributed by atoms with Crippen molar-refractivity contribution in [2.75, 3.05) is 0 Å². The number of nitrogens with zero attached hydrogens (tertiary/aromatic N) is 1. The van der Waals surface area contributed by atoms with Crippen molar-refractivity contribution in [3.63, 3.8) is 0 Å². The number of aromatic nitrogens is 1.